The van der Waals surface area contributed by atoms with Crippen LogP contribution in [-0.4, -0.2) is 72.5 Å². The molecule has 0 radical (unpaired) electrons. The van der Waals surface area contributed by atoms with Crippen LogP contribution in [0.2, 0.25) is 0 Å². The van der Waals surface area contributed by atoms with Crippen LogP contribution in [0.1, 0.15) is 6.04 Å². The number of fused-ring (bicyclic) bond motifs is 2. The number of ether oxygens (including phenoxy) is 3. The van der Waals surface area contributed by atoms with Crippen molar-refractivity contribution in [3.63, 3.8) is 0 Å². The number of anilines is 1. The molecule has 196 valence electrons. The molecular weight excluding hydrogens is 502 g/mol. The lowest BCUT2D eigenvalue weighted by atomic mass is 10.1. The summed E-state index contributed by atoms with van der Waals surface area (Å²) in [6.07, 6.45) is 2.38. The van der Waals surface area contributed by atoms with Gasteiger partial charge in [0.2, 0.25) is 0 Å². The van der Waals surface area contributed by atoms with Crippen LogP contribution >= 0.6 is 0 Å². The fourth-order valence-corrected chi connectivity index (χ4v) is 5.05. The van der Waals surface area contributed by atoms with E-state index in [-0.39, 0.29) is 36.3 Å². The fraction of sp³-hybridized carbons (Fsp3) is 0.231. The number of aromatic nitrogens is 7. The molecule has 13 nitrogen and oxygen atoms in total. The van der Waals surface area contributed by atoms with E-state index >= 15 is 0 Å². The van der Waals surface area contributed by atoms with E-state index < -0.39 is 0 Å². The van der Waals surface area contributed by atoms with Gasteiger partial charge in [-0.3, -0.25) is 0 Å². The summed E-state index contributed by atoms with van der Waals surface area (Å²) in [6, 6.07) is 20.2. The molecule has 0 saturated carbocycles. The van der Waals surface area contributed by atoms with Gasteiger partial charge in [-0.25, -0.2) is 14.5 Å². The zero-order valence-corrected chi connectivity index (χ0v) is 20.5. The molecule has 7 rings (SSSR count). The Morgan fingerprint density at radius 1 is 0.974 bits per heavy atom. The second kappa shape index (κ2) is 9.78. The summed E-state index contributed by atoms with van der Waals surface area (Å²) in [4.78, 5) is 16.8. The van der Waals surface area contributed by atoms with Gasteiger partial charge in [0.05, 0.1) is 30.6 Å². The van der Waals surface area contributed by atoms with Crippen LogP contribution in [0.3, 0.4) is 0 Å². The highest BCUT2D eigenvalue weighted by atomic mass is 16.6. The third kappa shape index (κ3) is 4.43. The molecule has 0 aliphatic carbocycles. The van der Waals surface area contributed by atoms with Crippen LogP contribution in [0.4, 0.5) is 10.5 Å². The topological polar surface area (TPSA) is 143 Å². The van der Waals surface area contributed by atoms with Crippen molar-refractivity contribution < 1.29 is 19.0 Å². The molecule has 2 aromatic heterocycles. The lowest BCUT2D eigenvalue weighted by molar-refractivity contribution is 0.0613. The molecule has 4 atom stereocenters. The standard InChI is InChI=1S/C26H23N9O4/c36-25(29-20-7-3-5-16-4-1-2-6-19(16)20)30-21-12-37-24-22(13-38-23(21)24)35-26(31-32-33-35)39-18-10-8-17(9-11-18)34-15-27-14-28-34/h1-11,14-15,21-24H,12-13H2,(H2,29,30,36)/t21-,22-,23+,24+/m0/s1. The van der Waals surface area contributed by atoms with Gasteiger partial charge in [0.25, 0.3) is 0 Å². The second-order valence-corrected chi connectivity index (χ2v) is 9.24. The number of carbonyl (C=O) groups is 1. The molecule has 0 spiro atoms. The number of nitrogens with one attached hydrogen (secondary N) is 2. The Bertz CT molecular complexity index is 1600. The van der Waals surface area contributed by atoms with E-state index in [4.69, 9.17) is 14.2 Å². The van der Waals surface area contributed by atoms with E-state index in [9.17, 15) is 4.79 Å². The summed E-state index contributed by atoms with van der Waals surface area (Å²) in [7, 11) is 0. The van der Waals surface area contributed by atoms with E-state index in [0.717, 1.165) is 22.1 Å². The van der Waals surface area contributed by atoms with Crippen LogP contribution in [0.15, 0.2) is 79.4 Å². The molecule has 39 heavy (non-hydrogen) atoms. The highest BCUT2D eigenvalue weighted by Gasteiger charge is 2.50. The van der Waals surface area contributed by atoms with E-state index in [0.29, 0.717) is 19.0 Å². The number of hydrogen-bond acceptors (Lipinski definition) is 9. The summed E-state index contributed by atoms with van der Waals surface area (Å²) in [6.45, 7) is 0.613. The number of amides is 2. The smallest absolute Gasteiger partial charge is 0.341 e. The van der Waals surface area contributed by atoms with Crippen LogP contribution in [0.5, 0.6) is 11.8 Å². The predicted molar refractivity (Wildman–Crippen MR) is 138 cm³/mol. The summed E-state index contributed by atoms with van der Waals surface area (Å²) in [5, 5.41) is 24.1. The largest absolute Gasteiger partial charge is 0.423 e. The highest BCUT2D eigenvalue weighted by Crippen LogP contribution is 2.36. The maximum atomic E-state index is 12.9. The first kappa shape index (κ1) is 23.3. The number of rotatable bonds is 6. The molecule has 4 heterocycles. The summed E-state index contributed by atoms with van der Waals surface area (Å²) < 4.78 is 21.3. The van der Waals surface area contributed by atoms with Crippen LogP contribution in [-0.2, 0) is 9.47 Å². The number of hydrogen-bond donors (Lipinski definition) is 2. The zero-order valence-electron chi connectivity index (χ0n) is 20.5. The molecule has 0 unspecified atom stereocenters. The highest BCUT2D eigenvalue weighted by molar-refractivity contribution is 6.01. The van der Waals surface area contributed by atoms with Crippen molar-refractivity contribution in [1.82, 2.24) is 40.3 Å². The van der Waals surface area contributed by atoms with Crippen molar-refractivity contribution in [2.24, 2.45) is 0 Å². The summed E-state index contributed by atoms with van der Waals surface area (Å²) in [5.41, 5.74) is 1.57. The van der Waals surface area contributed by atoms with Gasteiger partial charge in [-0.15, -0.1) is 0 Å². The first-order valence-corrected chi connectivity index (χ1v) is 12.4. The molecule has 2 fully saturated rings. The maximum Gasteiger partial charge on any atom is 0.341 e. The van der Waals surface area contributed by atoms with E-state index in [1.807, 2.05) is 54.6 Å². The van der Waals surface area contributed by atoms with Gasteiger partial charge in [0.1, 0.15) is 36.7 Å². The molecule has 2 aliphatic heterocycles. The lowest BCUT2D eigenvalue weighted by Gasteiger charge is -2.18. The molecule has 3 aromatic carbocycles. The van der Waals surface area contributed by atoms with Gasteiger partial charge in [0, 0.05) is 5.39 Å². The number of benzene rings is 3. The summed E-state index contributed by atoms with van der Waals surface area (Å²) >= 11 is 0. The summed E-state index contributed by atoms with van der Waals surface area (Å²) in [5.74, 6) is 0.558. The normalized spacial score (nSPS) is 22.1. The van der Waals surface area contributed by atoms with Gasteiger partial charge in [-0.2, -0.15) is 9.78 Å². The van der Waals surface area contributed by atoms with Crippen molar-refractivity contribution >= 4 is 22.5 Å². The number of carbonyl (C=O) groups excluding carboxylic acids is 1. The Morgan fingerprint density at radius 2 is 1.82 bits per heavy atom. The van der Waals surface area contributed by atoms with Gasteiger partial charge in [-0.05, 0) is 46.1 Å². The quantitative estimate of drug-likeness (QED) is 0.342. The molecule has 2 N–H and O–H groups in total. The van der Waals surface area contributed by atoms with Gasteiger partial charge >= 0.3 is 12.0 Å². The second-order valence-electron chi connectivity index (χ2n) is 9.24. The van der Waals surface area contributed by atoms with Gasteiger partial charge in [-0.1, -0.05) is 41.5 Å². The molecule has 5 aromatic rings. The van der Waals surface area contributed by atoms with Gasteiger partial charge in [0.15, 0.2) is 0 Å². The maximum absolute atomic E-state index is 12.9. The Balaban J connectivity index is 1.01. The molecule has 0 bridgehead atoms. The fourth-order valence-electron chi connectivity index (χ4n) is 5.05. The molecule has 2 aliphatic rings. The Kier molecular flexibility index (Phi) is 5.83. The van der Waals surface area contributed by atoms with Crippen molar-refractivity contribution in [3.8, 4) is 17.4 Å². The van der Waals surface area contributed by atoms with Crippen molar-refractivity contribution in [2.75, 3.05) is 18.5 Å². The minimum Gasteiger partial charge on any atom is -0.423 e. The van der Waals surface area contributed by atoms with Crippen molar-refractivity contribution in [2.45, 2.75) is 24.3 Å². The minimum atomic E-state index is -0.354. The molecule has 13 heteroatoms. The van der Waals surface area contributed by atoms with E-state index in [1.54, 1.807) is 27.8 Å². The minimum absolute atomic E-state index is 0.214. The third-order valence-corrected chi connectivity index (χ3v) is 6.89. The van der Waals surface area contributed by atoms with E-state index in [2.05, 4.69) is 36.2 Å². The Labute approximate surface area is 221 Å². The molecule has 2 saturated heterocycles. The SMILES string of the molecule is O=C(Nc1cccc2ccccc12)N[C@H]1CO[C@H]2[C@@H]1OC[C@@H]2n1nnnc1Oc1ccc(-n2cncn2)cc1. The molecular formula is C26H23N9O4. The first-order valence-electron chi connectivity index (χ1n) is 12.4. The average Bonchev–Trinajstić information content (AvgIpc) is 3.77. The predicted octanol–water partition coefficient (Wildman–Crippen LogP) is 2.73. The van der Waals surface area contributed by atoms with Crippen molar-refractivity contribution in [3.05, 3.63) is 79.4 Å². The number of urea groups is 1. The monoisotopic (exact) mass is 525 g/mol. The average molecular weight is 526 g/mol. The van der Waals surface area contributed by atoms with Crippen molar-refractivity contribution in [1.29, 1.82) is 0 Å². The van der Waals surface area contributed by atoms with E-state index in [1.165, 1.54) is 6.33 Å². The van der Waals surface area contributed by atoms with Crippen LogP contribution in [0, 0.1) is 0 Å². The lowest BCUT2D eigenvalue weighted by Crippen LogP contribution is -2.45. The van der Waals surface area contributed by atoms with Gasteiger partial charge < -0.3 is 24.8 Å². The first-order chi connectivity index (χ1) is 19.2. The van der Waals surface area contributed by atoms with Crippen LogP contribution in [0.25, 0.3) is 16.5 Å². The Morgan fingerprint density at radius 3 is 2.69 bits per heavy atom. The Hall–Kier alpha value is -4.88. The zero-order chi connectivity index (χ0) is 26.2. The third-order valence-electron chi connectivity index (χ3n) is 6.89. The van der Waals surface area contributed by atoms with Crippen LogP contribution < -0.4 is 15.4 Å². The molecule has 2 amide bonds. The number of nitrogens with zero attached hydrogens (tertiary/aromatic N) is 7. The number of tetrazole rings is 1.